The van der Waals surface area contributed by atoms with Gasteiger partial charge in [-0.15, -0.1) is 0 Å². The van der Waals surface area contributed by atoms with Crippen molar-refractivity contribution in [1.29, 1.82) is 0 Å². The lowest BCUT2D eigenvalue weighted by Gasteiger charge is -2.31. The summed E-state index contributed by atoms with van der Waals surface area (Å²) in [6.07, 6.45) is 1.08. The molecule has 5 heteroatoms. The van der Waals surface area contributed by atoms with Crippen LogP contribution in [0.4, 0.5) is 4.39 Å². The number of hydrogen-bond donors (Lipinski definition) is 1. The Morgan fingerprint density at radius 3 is 2.73 bits per heavy atom. The van der Waals surface area contributed by atoms with Gasteiger partial charge in [0.2, 0.25) is 5.91 Å². The van der Waals surface area contributed by atoms with Crippen molar-refractivity contribution in [1.82, 2.24) is 15.1 Å². The average Bonchev–Trinajstić information content (AvgIpc) is 2.77. The van der Waals surface area contributed by atoms with Gasteiger partial charge in [0.1, 0.15) is 5.82 Å². The third kappa shape index (κ3) is 4.52. The van der Waals surface area contributed by atoms with Crippen LogP contribution in [-0.4, -0.2) is 55.0 Å². The Labute approximate surface area is 132 Å². The van der Waals surface area contributed by atoms with E-state index in [9.17, 15) is 9.18 Å². The highest BCUT2D eigenvalue weighted by molar-refractivity contribution is 5.78. The zero-order valence-electron chi connectivity index (χ0n) is 13.5. The van der Waals surface area contributed by atoms with Gasteiger partial charge < -0.3 is 10.2 Å². The number of halogens is 1. The molecule has 1 N–H and O–H groups in total. The minimum atomic E-state index is -0.248. The van der Waals surface area contributed by atoms with E-state index >= 15 is 0 Å². The molecule has 0 saturated carbocycles. The average molecular weight is 307 g/mol. The van der Waals surface area contributed by atoms with Crippen LogP contribution in [0, 0.1) is 5.82 Å². The molecule has 1 saturated heterocycles. The molecule has 2 rings (SSSR count). The summed E-state index contributed by atoms with van der Waals surface area (Å²) in [5.74, 6) is -0.108. The summed E-state index contributed by atoms with van der Waals surface area (Å²) in [5.41, 5.74) is 0.967. The first-order valence-electron chi connectivity index (χ1n) is 8.09. The summed E-state index contributed by atoms with van der Waals surface area (Å²) in [4.78, 5) is 16.7. The molecule has 1 amide bonds. The summed E-state index contributed by atoms with van der Waals surface area (Å²) in [6, 6.07) is 6.37. The summed E-state index contributed by atoms with van der Waals surface area (Å²) >= 11 is 0. The molecule has 1 atom stereocenters. The Morgan fingerprint density at radius 2 is 2.05 bits per heavy atom. The van der Waals surface area contributed by atoms with Crippen molar-refractivity contribution in [3.63, 3.8) is 0 Å². The highest BCUT2D eigenvalue weighted by atomic mass is 19.1. The Hall–Kier alpha value is -1.46. The van der Waals surface area contributed by atoms with Gasteiger partial charge in [0.15, 0.2) is 0 Å². The largest absolute Gasteiger partial charge is 0.335 e. The molecule has 0 aliphatic carbocycles. The fraction of sp³-hybridized carbons (Fsp3) is 0.588. The number of hydrogen-bond acceptors (Lipinski definition) is 3. The molecule has 1 aromatic rings. The minimum absolute atomic E-state index is 0.0387. The monoisotopic (exact) mass is 307 g/mol. The molecule has 4 nitrogen and oxygen atoms in total. The number of rotatable bonds is 5. The van der Waals surface area contributed by atoms with Gasteiger partial charge in [0.25, 0.3) is 0 Å². The van der Waals surface area contributed by atoms with Crippen LogP contribution in [0.15, 0.2) is 24.3 Å². The van der Waals surface area contributed by atoms with Crippen molar-refractivity contribution in [2.24, 2.45) is 0 Å². The molecule has 1 unspecified atom stereocenters. The van der Waals surface area contributed by atoms with Crippen LogP contribution >= 0.6 is 0 Å². The van der Waals surface area contributed by atoms with Gasteiger partial charge >= 0.3 is 0 Å². The van der Waals surface area contributed by atoms with E-state index in [-0.39, 0.29) is 17.8 Å². The quantitative estimate of drug-likeness (QED) is 0.904. The first kappa shape index (κ1) is 16.9. The van der Waals surface area contributed by atoms with Crippen molar-refractivity contribution in [2.75, 3.05) is 39.3 Å². The first-order chi connectivity index (χ1) is 10.6. The number of amides is 1. The normalized spacial score (nSPS) is 17.8. The van der Waals surface area contributed by atoms with Crippen LogP contribution in [0.5, 0.6) is 0 Å². The Morgan fingerprint density at radius 1 is 1.32 bits per heavy atom. The molecular weight excluding hydrogens is 281 g/mol. The summed E-state index contributed by atoms with van der Waals surface area (Å²) < 4.78 is 13.0. The summed E-state index contributed by atoms with van der Waals surface area (Å²) in [6.45, 7) is 8.93. The van der Waals surface area contributed by atoms with Crippen molar-refractivity contribution in [2.45, 2.75) is 26.3 Å². The second kappa shape index (κ2) is 8.25. The van der Waals surface area contributed by atoms with E-state index in [1.165, 1.54) is 12.1 Å². The predicted molar refractivity (Wildman–Crippen MR) is 86.1 cm³/mol. The van der Waals surface area contributed by atoms with Gasteiger partial charge in [-0.25, -0.2) is 4.39 Å². The van der Waals surface area contributed by atoms with Gasteiger partial charge in [0.05, 0.1) is 12.6 Å². The second-order valence-electron chi connectivity index (χ2n) is 5.79. The lowest BCUT2D eigenvalue weighted by atomic mass is 10.1. The van der Waals surface area contributed by atoms with E-state index in [0.29, 0.717) is 13.1 Å². The molecule has 1 fully saturated rings. The molecule has 0 spiro atoms. The number of nitrogens with zero attached hydrogens (tertiary/aromatic N) is 2. The lowest BCUT2D eigenvalue weighted by molar-refractivity contribution is -0.134. The number of likely N-dealkylation sites (N-methyl/N-ethyl adjacent to an activating group) is 1. The molecule has 0 bridgehead atoms. The van der Waals surface area contributed by atoms with E-state index in [1.807, 2.05) is 18.7 Å². The highest BCUT2D eigenvalue weighted by Crippen LogP contribution is 2.20. The molecule has 1 aliphatic rings. The van der Waals surface area contributed by atoms with E-state index in [4.69, 9.17) is 0 Å². The fourth-order valence-electron chi connectivity index (χ4n) is 2.93. The Bertz CT molecular complexity index is 469. The van der Waals surface area contributed by atoms with Crippen molar-refractivity contribution >= 4 is 5.91 Å². The van der Waals surface area contributed by atoms with Crippen molar-refractivity contribution in [3.05, 3.63) is 35.6 Å². The minimum Gasteiger partial charge on any atom is -0.335 e. The van der Waals surface area contributed by atoms with Crippen LogP contribution in [0.25, 0.3) is 0 Å². The number of benzene rings is 1. The van der Waals surface area contributed by atoms with Crippen molar-refractivity contribution < 1.29 is 9.18 Å². The van der Waals surface area contributed by atoms with Gasteiger partial charge in [-0.05, 0) is 51.1 Å². The molecule has 122 valence electrons. The van der Waals surface area contributed by atoms with Crippen LogP contribution < -0.4 is 5.32 Å². The maximum Gasteiger partial charge on any atom is 0.237 e. The smallest absolute Gasteiger partial charge is 0.237 e. The lowest BCUT2D eigenvalue weighted by Crippen LogP contribution is -2.42. The van der Waals surface area contributed by atoms with Crippen molar-refractivity contribution in [3.8, 4) is 0 Å². The summed E-state index contributed by atoms with van der Waals surface area (Å²) in [5, 5.41) is 3.35. The second-order valence-corrected chi connectivity index (χ2v) is 5.79. The van der Waals surface area contributed by atoms with Gasteiger partial charge in [0, 0.05) is 19.6 Å². The highest BCUT2D eigenvalue weighted by Gasteiger charge is 2.22. The third-order valence-electron chi connectivity index (χ3n) is 4.27. The Kier molecular flexibility index (Phi) is 6.34. The zero-order valence-corrected chi connectivity index (χ0v) is 13.5. The molecule has 22 heavy (non-hydrogen) atoms. The number of nitrogens with one attached hydrogen (secondary N) is 1. The number of carbonyl (C=O) groups is 1. The predicted octanol–water partition coefficient (Wildman–Crippen LogP) is 2.03. The van der Waals surface area contributed by atoms with Crippen LogP contribution in [0.1, 0.15) is 31.9 Å². The molecule has 1 aromatic carbocycles. The van der Waals surface area contributed by atoms with Gasteiger partial charge in [-0.3, -0.25) is 9.69 Å². The van der Waals surface area contributed by atoms with Gasteiger partial charge in [-0.1, -0.05) is 12.1 Å². The van der Waals surface area contributed by atoms with E-state index in [0.717, 1.165) is 38.2 Å². The van der Waals surface area contributed by atoms with Crippen LogP contribution in [-0.2, 0) is 4.79 Å². The van der Waals surface area contributed by atoms with E-state index in [1.54, 1.807) is 12.1 Å². The molecule has 0 aromatic heterocycles. The molecule has 1 aliphatic heterocycles. The third-order valence-corrected chi connectivity index (χ3v) is 4.27. The standard InChI is InChI=1S/C17H26FN3O/c1-3-21(14(2)15-5-7-16(18)8-6-15)17(22)13-20-11-4-9-19-10-12-20/h5-8,14,19H,3-4,9-13H2,1-2H3. The SMILES string of the molecule is CCN(C(=O)CN1CCCNCC1)C(C)c1ccc(F)cc1. The van der Waals surface area contributed by atoms with Crippen LogP contribution in [0.3, 0.4) is 0 Å². The topological polar surface area (TPSA) is 35.6 Å². The maximum absolute atomic E-state index is 13.0. The molecule has 1 heterocycles. The molecular formula is C17H26FN3O. The van der Waals surface area contributed by atoms with E-state index < -0.39 is 0 Å². The zero-order chi connectivity index (χ0) is 15.9. The van der Waals surface area contributed by atoms with Crippen LogP contribution in [0.2, 0.25) is 0 Å². The van der Waals surface area contributed by atoms with E-state index in [2.05, 4.69) is 10.2 Å². The number of carbonyl (C=O) groups excluding carboxylic acids is 1. The Balaban J connectivity index is 1.99. The fourth-order valence-corrected chi connectivity index (χ4v) is 2.93. The van der Waals surface area contributed by atoms with Gasteiger partial charge in [-0.2, -0.15) is 0 Å². The first-order valence-corrected chi connectivity index (χ1v) is 8.09. The maximum atomic E-state index is 13.0. The summed E-state index contributed by atoms with van der Waals surface area (Å²) in [7, 11) is 0. The molecule has 0 radical (unpaired) electrons.